The summed E-state index contributed by atoms with van der Waals surface area (Å²) in [7, 11) is 1.91. The lowest BCUT2D eigenvalue weighted by Crippen LogP contribution is -2.42. The number of hydrogen-bond donors (Lipinski definition) is 0. The first kappa shape index (κ1) is 19.9. The minimum Gasteiger partial charge on any atom is -0.473 e. The summed E-state index contributed by atoms with van der Waals surface area (Å²) in [6.07, 6.45) is 4.02. The Morgan fingerprint density at radius 2 is 2.03 bits per heavy atom. The van der Waals surface area contributed by atoms with Crippen molar-refractivity contribution in [3.63, 3.8) is 0 Å². The van der Waals surface area contributed by atoms with Gasteiger partial charge in [-0.3, -0.25) is 4.68 Å². The van der Waals surface area contributed by atoms with Gasteiger partial charge in [-0.15, -0.1) is 0 Å². The highest BCUT2D eigenvalue weighted by Crippen LogP contribution is 2.32. The molecule has 4 heterocycles. The molecule has 0 atom stereocenters. The van der Waals surface area contributed by atoms with Crippen LogP contribution in [0, 0.1) is 11.3 Å². The first-order chi connectivity index (χ1) is 14.5. The number of hydrogen-bond acceptors (Lipinski definition) is 8. The van der Waals surface area contributed by atoms with Crippen LogP contribution in [0.2, 0.25) is 0 Å². The predicted octanol–water partition coefficient (Wildman–Crippen LogP) is 1.99. The van der Waals surface area contributed by atoms with Crippen LogP contribution in [0.25, 0.3) is 0 Å². The number of nitrogens with zero attached hydrogens (tertiary/aromatic N) is 7. The molecule has 10 nitrogen and oxygen atoms in total. The van der Waals surface area contributed by atoms with Crippen molar-refractivity contribution in [2.75, 3.05) is 18.0 Å². The van der Waals surface area contributed by atoms with Crippen molar-refractivity contribution in [1.29, 1.82) is 5.26 Å². The molecule has 0 bridgehead atoms. The molecule has 0 aromatic carbocycles. The zero-order valence-electron chi connectivity index (χ0n) is 17.4. The average molecular weight is 411 g/mol. The summed E-state index contributed by atoms with van der Waals surface area (Å²) in [5.74, 6) is 0.858. The van der Waals surface area contributed by atoms with Crippen LogP contribution in [0.5, 0.6) is 5.88 Å². The van der Waals surface area contributed by atoms with Crippen LogP contribution in [-0.4, -0.2) is 56.0 Å². The number of amides is 1. The van der Waals surface area contributed by atoms with E-state index in [1.807, 2.05) is 36.7 Å². The molecule has 1 fully saturated rings. The van der Waals surface area contributed by atoms with E-state index in [4.69, 9.17) is 9.47 Å². The van der Waals surface area contributed by atoms with Crippen molar-refractivity contribution in [2.24, 2.45) is 7.05 Å². The minimum atomic E-state index is -0.298. The van der Waals surface area contributed by atoms with Crippen LogP contribution in [0.4, 0.5) is 10.6 Å². The third-order valence-corrected chi connectivity index (χ3v) is 5.37. The number of anilines is 1. The monoisotopic (exact) mass is 411 g/mol. The largest absolute Gasteiger partial charge is 0.473 e. The fraction of sp³-hybridized carbons (Fsp3) is 0.550. The summed E-state index contributed by atoms with van der Waals surface area (Å²) < 4.78 is 13.2. The third kappa shape index (κ3) is 3.87. The van der Waals surface area contributed by atoms with Crippen molar-refractivity contribution in [3.8, 4) is 11.9 Å². The summed E-state index contributed by atoms with van der Waals surface area (Å²) >= 11 is 0. The van der Waals surface area contributed by atoms with Crippen LogP contribution in [0.1, 0.15) is 43.5 Å². The molecular formula is C20H25N7O3. The van der Waals surface area contributed by atoms with Crippen LogP contribution < -0.4 is 9.64 Å². The number of aromatic nitrogens is 4. The van der Waals surface area contributed by atoms with E-state index in [0.29, 0.717) is 56.3 Å². The summed E-state index contributed by atoms with van der Waals surface area (Å²) in [6, 6.07) is 2.21. The van der Waals surface area contributed by atoms with Crippen LogP contribution in [0.3, 0.4) is 0 Å². The molecule has 2 aliphatic rings. The van der Waals surface area contributed by atoms with Gasteiger partial charge in [-0.2, -0.15) is 10.4 Å². The van der Waals surface area contributed by atoms with Gasteiger partial charge in [-0.1, -0.05) is 0 Å². The second kappa shape index (κ2) is 8.18. The Balaban J connectivity index is 1.43. The molecule has 10 heteroatoms. The standard InChI is InChI=1S/C20H25N7O3/c1-13(2)29-20(28)26-6-4-15(5-7-26)30-19-16(8-21)18(22-12-23-19)27-10-14-9-24-25(3)17(14)11-27/h9,12-13,15H,4-7,10-11H2,1-3H3. The second-order valence-corrected chi connectivity index (χ2v) is 7.82. The van der Waals surface area contributed by atoms with E-state index in [1.54, 1.807) is 4.90 Å². The number of carbonyl (C=O) groups is 1. The fourth-order valence-corrected chi connectivity index (χ4v) is 3.81. The molecule has 1 amide bonds. The van der Waals surface area contributed by atoms with Crippen LogP contribution >= 0.6 is 0 Å². The summed E-state index contributed by atoms with van der Waals surface area (Å²) in [4.78, 5) is 24.3. The van der Waals surface area contributed by atoms with Gasteiger partial charge in [0.25, 0.3) is 0 Å². The zero-order chi connectivity index (χ0) is 21.3. The number of likely N-dealkylation sites (tertiary alicyclic amines) is 1. The molecular weight excluding hydrogens is 386 g/mol. The highest BCUT2D eigenvalue weighted by atomic mass is 16.6. The van der Waals surface area contributed by atoms with Gasteiger partial charge in [0.15, 0.2) is 11.4 Å². The third-order valence-electron chi connectivity index (χ3n) is 5.37. The van der Waals surface area contributed by atoms with Crippen molar-refractivity contribution in [1.82, 2.24) is 24.6 Å². The number of rotatable bonds is 4. The molecule has 0 saturated carbocycles. The lowest BCUT2D eigenvalue weighted by molar-refractivity contribution is 0.0506. The predicted molar refractivity (Wildman–Crippen MR) is 107 cm³/mol. The second-order valence-electron chi connectivity index (χ2n) is 7.82. The summed E-state index contributed by atoms with van der Waals surface area (Å²) in [6.45, 7) is 6.03. The Hall–Kier alpha value is -3.35. The minimum absolute atomic E-state index is 0.122. The first-order valence-corrected chi connectivity index (χ1v) is 10.1. The molecule has 1 saturated heterocycles. The molecule has 30 heavy (non-hydrogen) atoms. The number of piperidine rings is 1. The maximum Gasteiger partial charge on any atom is 0.410 e. The highest BCUT2D eigenvalue weighted by Gasteiger charge is 2.29. The summed E-state index contributed by atoms with van der Waals surface area (Å²) in [5.41, 5.74) is 2.57. The lowest BCUT2D eigenvalue weighted by Gasteiger charge is -2.32. The highest BCUT2D eigenvalue weighted by molar-refractivity contribution is 5.67. The average Bonchev–Trinajstić information content (AvgIpc) is 3.30. The molecule has 0 N–H and O–H groups in total. The number of ether oxygens (including phenoxy) is 2. The van der Waals surface area contributed by atoms with Gasteiger partial charge in [0.1, 0.15) is 18.5 Å². The molecule has 0 aliphatic carbocycles. The Morgan fingerprint density at radius 3 is 2.70 bits per heavy atom. The Morgan fingerprint density at radius 1 is 1.27 bits per heavy atom. The van der Waals surface area contributed by atoms with Gasteiger partial charge < -0.3 is 19.3 Å². The van der Waals surface area contributed by atoms with Gasteiger partial charge in [0.2, 0.25) is 5.88 Å². The SMILES string of the molecule is CC(C)OC(=O)N1CCC(Oc2ncnc(N3Cc4cnn(C)c4C3)c2C#N)CC1. The molecule has 2 aromatic heterocycles. The number of aryl methyl sites for hydroxylation is 1. The number of nitriles is 1. The van der Waals surface area contributed by atoms with E-state index in [9.17, 15) is 10.1 Å². The van der Waals surface area contributed by atoms with Gasteiger partial charge >= 0.3 is 6.09 Å². The van der Waals surface area contributed by atoms with Crippen molar-refractivity contribution >= 4 is 11.9 Å². The maximum absolute atomic E-state index is 12.0. The Kier molecular flexibility index (Phi) is 5.44. The van der Waals surface area contributed by atoms with E-state index in [0.717, 1.165) is 11.3 Å². The molecule has 4 rings (SSSR count). The number of carbonyl (C=O) groups excluding carboxylic acids is 1. The fourth-order valence-electron chi connectivity index (χ4n) is 3.81. The van der Waals surface area contributed by atoms with Gasteiger partial charge in [0, 0.05) is 45.1 Å². The van der Waals surface area contributed by atoms with Crippen molar-refractivity contribution in [2.45, 2.75) is 52.0 Å². The Labute approximate surface area is 175 Å². The lowest BCUT2D eigenvalue weighted by atomic mass is 10.1. The van der Waals surface area contributed by atoms with E-state index in [-0.39, 0.29) is 18.3 Å². The van der Waals surface area contributed by atoms with Crippen molar-refractivity contribution in [3.05, 3.63) is 29.3 Å². The maximum atomic E-state index is 12.0. The van der Waals surface area contributed by atoms with Gasteiger partial charge in [-0.25, -0.2) is 14.8 Å². The molecule has 0 spiro atoms. The first-order valence-electron chi connectivity index (χ1n) is 10.1. The van der Waals surface area contributed by atoms with Gasteiger partial charge in [0.05, 0.1) is 24.5 Å². The molecule has 2 aromatic rings. The van der Waals surface area contributed by atoms with Gasteiger partial charge in [-0.05, 0) is 13.8 Å². The smallest absolute Gasteiger partial charge is 0.410 e. The quantitative estimate of drug-likeness (QED) is 0.751. The van der Waals surface area contributed by atoms with E-state index in [1.165, 1.54) is 6.33 Å². The van der Waals surface area contributed by atoms with Crippen LogP contribution in [-0.2, 0) is 24.9 Å². The molecule has 0 unspecified atom stereocenters. The molecule has 2 aliphatic heterocycles. The summed E-state index contributed by atoms with van der Waals surface area (Å²) in [5, 5.41) is 14.1. The van der Waals surface area contributed by atoms with Crippen molar-refractivity contribution < 1.29 is 14.3 Å². The van der Waals surface area contributed by atoms with Crippen LogP contribution in [0.15, 0.2) is 12.5 Å². The van der Waals surface area contributed by atoms with E-state index in [2.05, 4.69) is 21.1 Å². The normalized spacial score (nSPS) is 16.5. The topological polar surface area (TPSA) is 109 Å². The van der Waals surface area contributed by atoms with E-state index < -0.39 is 0 Å². The van der Waals surface area contributed by atoms with E-state index >= 15 is 0 Å². The molecule has 158 valence electrons. The Bertz CT molecular complexity index is 973. The molecule has 0 radical (unpaired) electrons. The number of fused-ring (bicyclic) bond motifs is 1. The zero-order valence-corrected chi connectivity index (χ0v) is 17.4.